The Bertz CT molecular complexity index is 505. The number of hydrogen-bond acceptors (Lipinski definition) is 3. The van der Waals surface area contributed by atoms with Gasteiger partial charge in [0.05, 0.1) is 6.54 Å². The fourth-order valence-electron chi connectivity index (χ4n) is 3.67. The molecule has 0 spiro atoms. The van der Waals surface area contributed by atoms with Crippen LogP contribution in [0.15, 0.2) is 24.3 Å². The van der Waals surface area contributed by atoms with Crippen LogP contribution in [0.1, 0.15) is 31.2 Å². The van der Waals surface area contributed by atoms with Crippen LogP contribution in [0.4, 0.5) is 5.69 Å². The summed E-state index contributed by atoms with van der Waals surface area (Å²) in [6.07, 6.45) is 4.93. The van der Waals surface area contributed by atoms with Crippen LogP contribution >= 0.6 is 0 Å². The highest BCUT2D eigenvalue weighted by atomic mass is 16.2. The molecule has 1 amide bonds. The summed E-state index contributed by atoms with van der Waals surface area (Å²) in [7, 11) is 2.07. The molecule has 4 heteroatoms. The second kappa shape index (κ2) is 6.16. The predicted octanol–water partition coefficient (Wildman–Crippen LogP) is 2.15. The summed E-state index contributed by atoms with van der Waals surface area (Å²) in [6, 6.07) is 9.81. The van der Waals surface area contributed by atoms with E-state index in [2.05, 4.69) is 22.6 Å². The van der Waals surface area contributed by atoms with E-state index in [-0.39, 0.29) is 5.91 Å². The van der Waals surface area contributed by atoms with Gasteiger partial charge in [-0.2, -0.15) is 0 Å². The number of aryl methyl sites for hydroxylation is 1. The number of carbonyl (C=O) groups excluding carboxylic acids is 1. The third-order valence-corrected chi connectivity index (χ3v) is 4.77. The van der Waals surface area contributed by atoms with Crippen LogP contribution < -0.4 is 10.6 Å². The number of carbonyl (C=O) groups is 1. The van der Waals surface area contributed by atoms with E-state index >= 15 is 0 Å². The van der Waals surface area contributed by atoms with Gasteiger partial charge >= 0.3 is 0 Å². The first-order valence-electron chi connectivity index (χ1n) is 7.93. The molecule has 4 nitrogen and oxygen atoms in total. The Labute approximate surface area is 126 Å². The van der Waals surface area contributed by atoms with Gasteiger partial charge < -0.3 is 10.6 Å². The Morgan fingerprint density at radius 3 is 2.71 bits per heavy atom. The second-order valence-corrected chi connectivity index (χ2v) is 6.60. The van der Waals surface area contributed by atoms with Gasteiger partial charge in [0, 0.05) is 23.8 Å². The van der Waals surface area contributed by atoms with Crippen molar-refractivity contribution in [2.24, 2.45) is 0 Å². The van der Waals surface area contributed by atoms with E-state index in [1.807, 2.05) is 31.2 Å². The Balaban J connectivity index is 1.52. The lowest BCUT2D eigenvalue weighted by Crippen LogP contribution is -2.48. The van der Waals surface area contributed by atoms with Crippen molar-refractivity contribution in [3.63, 3.8) is 0 Å². The number of hydrogen-bond donors (Lipinski definition) is 2. The molecule has 2 heterocycles. The van der Waals surface area contributed by atoms with Gasteiger partial charge in [0.1, 0.15) is 0 Å². The maximum absolute atomic E-state index is 12.2. The van der Waals surface area contributed by atoms with Crippen LogP contribution in [-0.4, -0.2) is 42.5 Å². The molecular formula is C17H25N3O. The molecule has 2 N–H and O–H groups in total. The van der Waals surface area contributed by atoms with Gasteiger partial charge in [-0.25, -0.2) is 0 Å². The van der Waals surface area contributed by atoms with Crippen molar-refractivity contribution in [3.8, 4) is 0 Å². The van der Waals surface area contributed by atoms with Crippen LogP contribution in [0.2, 0.25) is 0 Å². The molecule has 2 fully saturated rings. The van der Waals surface area contributed by atoms with Crippen molar-refractivity contribution in [3.05, 3.63) is 29.8 Å². The smallest absolute Gasteiger partial charge is 0.238 e. The molecule has 0 saturated carbocycles. The van der Waals surface area contributed by atoms with Crippen molar-refractivity contribution < 1.29 is 4.79 Å². The summed E-state index contributed by atoms with van der Waals surface area (Å²) in [5.74, 6) is 0.0778. The number of rotatable bonds is 4. The maximum Gasteiger partial charge on any atom is 0.238 e. The number of amides is 1. The van der Waals surface area contributed by atoms with E-state index in [0.717, 1.165) is 11.3 Å². The second-order valence-electron chi connectivity index (χ2n) is 6.60. The van der Waals surface area contributed by atoms with Gasteiger partial charge in [-0.3, -0.25) is 9.69 Å². The first kappa shape index (κ1) is 14.5. The number of anilines is 1. The van der Waals surface area contributed by atoms with Gasteiger partial charge in [0.2, 0.25) is 5.91 Å². The summed E-state index contributed by atoms with van der Waals surface area (Å²) in [5.41, 5.74) is 2.05. The van der Waals surface area contributed by atoms with Gasteiger partial charge in [-0.05, 0) is 57.4 Å². The number of likely N-dealkylation sites (N-methyl/N-ethyl adjacent to an activating group) is 1. The van der Waals surface area contributed by atoms with E-state index in [0.29, 0.717) is 24.7 Å². The number of benzene rings is 1. The minimum absolute atomic E-state index is 0.0778. The Morgan fingerprint density at radius 2 is 2.05 bits per heavy atom. The van der Waals surface area contributed by atoms with Crippen molar-refractivity contribution in [1.29, 1.82) is 0 Å². The van der Waals surface area contributed by atoms with E-state index < -0.39 is 0 Å². The Kier molecular flexibility index (Phi) is 4.27. The molecule has 1 aromatic carbocycles. The molecule has 1 aromatic rings. The molecule has 2 atom stereocenters. The number of nitrogens with zero attached hydrogens (tertiary/aromatic N) is 1. The first-order valence-corrected chi connectivity index (χ1v) is 7.93. The number of fused-ring (bicyclic) bond motifs is 2. The molecule has 2 bridgehead atoms. The molecule has 2 unspecified atom stereocenters. The van der Waals surface area contributed by atoms with Crippen molar-refractivity contribution in [2.75, 3.05) is 18.9 Å². The molecule has 0 aromatic heterocycles. The molecule has 2 saturated heterocycles. The normalized spacial score (nSPS) is 27.9. The minimum atomic E-state index is 0.0778. The topological polar surface area (TPSA) is 44.4 Å². The highest BCUT2D eigenvalue weighted by molar-refractivity contribution is 5.92. The van der Waals surface area contributed by atoms with Gasteiger partial charge in [-0.15, -0.1) is 0 Å². The molecule has 2 aliphatic rings. The number of nitrogens with one attached hydrogen (secondary N) is 2. The highest BCUT2D eigenvalue weighted by Crippen LogP contribution is 2.29. The van der Waals surface area contributed by atoms with Gasteiger partial charge in [-0.1, -0.05) is 12.1 Å². The zero-order valence-electron chi connectivity index (χ0n) is 12.9. The van der Waals surface area contributed by atoms with Crippen LogP contribution in [-0.2, 0) is 4.79 Å². The molecule has 114 valence electrons. The molecule has 3 rings (SSSR count). The van der Waals surface area contributed by atoms with Crippen LogP contribution in [0.5, 0.6) is 0 Å². The van der Waals surface area contributed by atoms with E-state index in [1.54, 1.807) is 0 Å². The van der Waals surface area contributed by atoms with Crippen molar-refractivity contribution in [1.82, 2.24) is 10.2 Å². The van der Waals surface area contributed by atoms with Crippen molar-refractivity contribution in [2.45, 2.75) is 50.7 Å². The summed E-state index contributed by atoms with van der Waals surface area (Å²) in [5, 5.41) is 6.64. The lowest BCUT2D eigenvalue weighted by molar-refractivity contribution is -0.117. The number of piperidine rings is 1. The molecule has 0 aliphatic carbocycles. The van der Waals surface area contributed by atoms with Gasteiger partial charge in [0.25, 0.3) is 0 Å². The fourth-order valence-corrected chi connectivity index (χ4v) is 3.67. The predicted molar refractivity (Wildman–Crippen MR) is 85.4 cm³/mol. The third kappa shape index (κ3) is 3.63. The van der Waals surface area contributed by atoms with Crippen LogP contribution in [0.25, 0.3) is 0 Å². The molecule has 2 aliphatic heterocycles. The van der Waals surface area contributed by atoms with E-state index in [9.17, 15) is 4.79 Å². The average molecular weight is 287 g/mol. The minimum Gasteiger partial charge on any atom is -0.325 e. The Hall–Kier alpha value is -1.39. The molecule has 0 radical (unpaired) electrons. The van der Waals surface area contributed by atoms with Crippen LogP contribution in [0, 0.1) is 6.92 Å². The SMILES string of the molecule is Cc1cccc(NC(=O)CN(C)C2CC3CCC(C2)N3)c1. The van der Waals surface area contributed by atoms with Crippen LogP contribution in [0.3, 0.4) is 0 Å². The Morgan fingerprint density at radius 1 is 1.33 bits per heavy atom. The highest BCUT2D eigenvalue weighted by Gasteiger charge is 2.35. The summed E-state index contributed by atoms with van der Waals surface area (Å²) in [4.78, 5) is 14.4. The standard InChI is InChI=1S/C17H25N3O/c1-12-4-3-5-13(8-12)19-17(21)11-20(2)16-9-14-6-7-15(10-16)18-14/h3-5,8,14-16,18H,6-7,9-11H2,1-2H3,(H,19,21). The van der Waals surface area contributed by atoms with Crippen molar-refractivity contribution >= 4 is 11.6 Å². The largest absolute Gasteiger partial charge is 0.325 e. The molecular weight excluding hydrogens is 262 g/mol. The first-order chi connectivity index (χ1) is 10.1. The summed E-state index contributed by atoms with van der Waals surface area (Å²) < 4.78 is 0. The zero-order chi connectivity index (χ0) is 14.8. The average Bonchev–Trinajstić information content (AvgIpc) is 2.77. The summed E-state index contributed by atoms with van der Waals surface area (Å²) >= 11 is 0. The monoisotopic (exact) mass is 287 g/mol. The molecule has 21 heavy (non-hydrogen) atoms. The summed E-state index contributed by atoms with van der Waals surface area (Å²) in [6.45, 7) is 2.50. The quantitative estimate of drug-likeness (QED) is 0.892. The lowest BCUT2D eigenvalue weighted by Gasteiger charge is -2.35. The fraction of sp³-hybridized carbons (Fsp3) is 0.588. The zero-order valence-corrected chi connectivity index (χ0v) is 12.9. The van der Waals surface area contributed by atoms with E-state index in [1.165, 1.54) is 25.7 Å². The van der Waals surface area contributed by atoms with E-state index in [4.69, 9.17) is 0 Å². The lowest BCUT2D eigenvalue weighted by atomic mass is 9.98. The van der Waals surface area contributed by atoms with Gasteiger partial charge in [0.15, 0.2) is 0 Å². The third-order valence-electron chi connectivity index (χ3n) is 4.77. The maximum atomic E-state index is 12.2.